The summed E-state index contributed by atoms with van der Waals surface area (Å²) in [5, 5.41) is 5.23. The molecule has 0 radical (unpaired) electrons. The molecule has 66 heavy (non-hydrogen) atoms. The lowest BCUT2D eigenvalue weighted by molar-refractivity contribution is 0.590. The fourth-order valence-electron chi connectivity index (χ4n) is 8.71. The molecule has 1 heterocycles. The Morgan fingerprint density at radius 1 is 0.333 bits per heavy atom. The molecular weight excluding hydrogens is 799 g/mol. The van der Waals surface area contributed by atoms with E-state index in [1.807, 2.05) is 0 Å². The first-order valence-corrected chi connectivity index (χ1v) is 23.9. The number of hydrogen-bond acceptors (Lipinski definition) is 2. The van der Waals surface area contributed by atoms with Crippen LogP contribution in [0.25, 0.3) is 72.7 Å². The van der Waals surface area contributed by atoms with E-state index in [9.17, 15) is 0 Å². The lowest BCUT2D eigenvalue weighted by Gasteiger charge is -2.20. The molecule has 0 unspecified atom stereocenters. The zero-order valence-corrected chi connectivity index (χ0v) is 41.8. The van der Waals surface area contributed by atoms with E-state index in [4.69, 9.17) is 10.1 Å². The first kappa shape index (κ1) is 46.2. The summed E-state index contributed by atoms with van der Waals surface area (Å²) in [4.78, 5) is 5.24. The summed E-state index contributed by atoms with van der Waals surface area (Å²) < 4.78 is 2.07. The highest BCUT2D eigenvalue weighted by Crippen LogP contribution is 2.38. The van der Waals surface area contributed by atoms with Crippen molar-refractivity contribution in [2.45, 2.75) is 125 Å². The van der Waals surface area contributed by atoms with Gasteiger partial charge in [0.25, 0.3) is 0 Å². The van der Waals surface area contributed by atoms with Crippen LogP contribution in [0.2, 0.25) is 0 Å². The Bertz CT molecular complexity index is 2780. The molecule has 0 spiro atoms. The summed E-state index contributed by atoms with van der Waals surface area (Å²) >= 11 is 0. The van der Waals surface area contributed by atoms with Crippen LogP contribution in [0.4, 0.5) is 0 Å². The minimum atomic E-state index is 0.0724. The summed E-state index contributed by atoms with van der Waals surface area (Å²) in [7, 11) is 0. The Kier molecular flexibility index (Phi) is 12.5. The van der Waals surface area contributed by atoms with E-state index in [1.165, 1.54) is 61.2 Å². The Labute approximate surface area is 396 Å². The molecular formula is C63H69N3. The molecule has 0 fully saturated rings. The molecule has 0 saturated carbocycles. The van der Waals surface area contributed by atoms with Crippen molar-refractivity contribution in [1.82, 2.24) is 14.8 Å². The quantitative estimate of drug-likeness (QED) is 0.145. The topological polar surface area (TPSA) is 30.7 Å². The minimum absolute atomic E-state index is 0.0724. The van der Waals surface area contributed by atoms with Crippen molar-refractivity contribution in [3.63, 3.8) is 0 Å². The molecule has 0 saturated heterocycles. The van der Waals surface area contributed by atoms with Crippen molar-refractivity contribution in [3.8, 4) is 72.7 Å². The second kappa shape index (κ2) is 17.8. The average molecular weight is 868 g/mol. The monoisotopic (exact) mass is 868 g/mol. The standard InChI is InChI=1S/C63H69N3/c1-14-15-58-64-59(66(65-58)57-40-51(45-24-32-55(33-25-45)62(8,9)10)39-52(41-57)46-26-34-56(35-27-46)63(11,12)13)47-18-16-42(17-19-47)48-36-49(43-20-28-53(29-21-43)60(2,3)4)38-50(37-48)44-22-30-54(31-23-44)61(5,6)7/h16-41H,14-15H2,1-13H3. The van der Waals surface area contributed by atoms with Gasteiger partial charge in [-0.15, -0.1) is 0 Å². The third-order valence-electron chi connectivity index (χ3n) is 13.0. The molecule has 336 valence electrons. The summed E-state index contributed by atoms with van der Waals surface area (Å²) in [6.45, 7) is 29.4. The fraction of sp³-hybridized carbons (Fsp3) is 0.302. The van der Waals surface area contributed by atoms with Gasteiger partial charge >= 0.3 is 0 Å². The number of aryl methyl sites for hydroxylation is 1. The van der Waals surface area contributed by atoms with Crippen molar-refractivity contribution in [2.24, 2.45) is 0 Å². The van der Waals surface area contributed by atoms with Crippen LogP contribution in [0.1, 0.15) is 125 Å². The molecule has 1 aromatic heterocycles. The lowest BCUT2D eigenvalue weighted by atomic mass is 9.85. The number of rotatable bonds is 9. The van der Waals surface area contributed by atoms with Gasteiger partial charge in [0.2, 0.25) is 0 Å². The van der Waals surface area contributed by atoms with E-state index in [2.05, 4.69) is 252 Å². The van der Waals surface area contributed by atoms with Gasteiger partial charge in [0, 0.05) is 12.0 Å². The lowest BCUT2D eigenvalue weighted by Crippen LogP contribution is -2.10. The van der Waals surface area contributed by atoms with Gasteiger partial charge in [0.05, 0.1) is 5.69 Å². The third kappa shape index (κ3) is 10.2. The second-order valence-corrected chi connectivity index (χ2v) is 22.5. The molecule has 0 amide bonds. The van der Waals surface area contributed by atoms with Gasteiger partial charge in [-0.3, -0.25) is 0 Å². The Balaban J connectivity index is 1.22. The molecule has 8 rings (SSSR count). The Morgan fingerprint density at radius 3 is 0.864 bits per heavy atom. The van der Waals surface area contributed by atoms with Gasteiger partial charge in [-0.25, -0.2) is 9.67 Å². The normalized spacial score (nSPS) is 12.4. The molecule has 3 nitrogen and oxygen atoms in total. The van der Waals surface area contributed by atoms with Crippen molar-refractivity contribution < 1.29 is 0 Å². The predicted molar refractivity (Wildman–Crippen MR) is 283 cm³/mol. The van der Waals surface area contributed by atoms with Crippen LogP contribution in [-0.4, -0.2) is 14.8 Å². The molecule has 3 heteroatoms. The number of aromatic nitrogens is 3. The van der Waals surface area contributed by atoms with Crippen molar-refractivity contribution >= 4 is 0 Å². The van der Waals surface area contributed by atoms with E-state index >= 15 is 0 Å². The van der Waals surface area contributed by atoms with Crippen LogP contribution in [-0.2, 0) is 28.1 Å². The van der Waals surface area contributed by atoms with Gasteiger partial charge in [0.1, 0.15) is 0 Å². The number of hydrogen-bond donors (Lipinski definition) is 0. The first-order valence-electron chi connectivity index (χ1n) is 23.9. The maximum Gasteiger partial charge on any atom is 0.163 e. The number of benzene rings is 7. The highest BCUT2D eigenvalue weighted by molar-refractivity contribution is 5.82. The fourth-order valence-corrected chi connectivity index (χ4v) is 8.71. The van der Waals surface area contributed by atoms with Gasteiger partial charge in [0.15, 0.2) is 11.6 Å². The van der Waals surface area contributed by atoms with Gasteiger partial charge in [-0.2, -0.15) is 5.10 Å². The molecule has 0 atom stereocenters. The van der Waals surface area contributed by atoms with Crippen LogP contribution in [0, 0.1) is 0 Å². The zero-order valence-electron chi connectivity index (χ0n) is 41.8. The average Bonchev–Trinajstić information content (AvgIpc) is 3.72. The van der Waals surface area contributed by atoms with Crippen LogP contribution >= 0.6 is 0 Å². The summed E-state index contributed by atoms with van der Waals surface area (Å²) in [6, 6.07) is 59.2. The summed E-state index contributed by atoms with van der Waals surface area (Å²) in [5.41, 5.74) is 19.4. The molecule has 0 aliphatic carbocycles. The second-order valence-electron chi connectivity index (χ2n) is 22.5. The highest BCUT2D eigenvalue weighted by atomic mass is 15.4. The SMILES string of the molecule is CCCc1nc(-c2ccc(-c3cc(-c4ccc(C(C)(C)C)cc4)cc(-c4ccc(C(C)(C)C)cc4)c3)cc2)n(-c2cc(-c3ccc(C(C)(C)C)cc3)cc(-c3ccc(C(C)(C)C)cc3)c2)n1. The molecule has 7 aromatic carbocycles. The first-order chi connectivity index (χ1) is 31.1. The van der Waals surface area contributed by atoms with E-state index in [-0.39, 0.29) is 21.7 Å². The molecule has 0 bridgehead atoms. The maximum atomic E-state index is 5.24. The summed E-state index contributed by atoms with van der Waals surface area (Å²) in [6.07, 6.45) is 1.76. The van der Waals surface area contributed by atoms with E-state index in [0.717, 1.165) is 52.4 Å². The minimum Gasteiger partial charge on any atom is -0.213 e. The smallest absolute Gasteiger partial charge is 0.163 e. The third-order valence-corrected chi connectivity index (χ3v) is 13.0. The number of nitrogens with zero attached hydrogens (tertiary/aromatic N) is 3. The molecule has 0 N–H and O–H groups in total. The molecule has 0 aliphatic rings. The summed E-state index contributed by atoms with van der Waals surface area (Å²) in [5.74, 6) is 1.69. The molecule has 0 aliphatic heterocycles. The van der Waals surface area contributed by atoms with Crippen LogP contribution in [0.3, 0.4) is 0 Å². The Morgan fingerprint density at radius 2 is 0.591 bits per heavy atom. The largest absolute Gasteiger partial charge is 0.213 e. The Hall–Kier alpha value is -6.32. The van der Waals surface area contributed by atoms with E-state index in [1.54, 1.807) is 0 Å². The van der Waals surface area contributed by atoms with Gasteiger partial charge in [-0.1, -0.05) is 211 Å². The van der Waals surface area contributed by atoms with Gasteiger partial charge < -0.3 is 0 Å². The van der Waals surface area contributed by atoms with Crippen molar-refractivity contribution in [3.05, 3.63) is 186 Å². The highest BCUT2D eigenvalue weighted by Gasteiger charge is 2.20. The maximum absolute atomic E-state index is 5.24. The van der Waals surface area contributed by atoms with Crippen molar-refractivity contribution in [1.29, 1.82) is 0 Å². The van der Waals surface area contributed by atoms with Crippen LogP contribution in [0.5, 0.6) is 0 Å². The van der Waals surface area contributed by atoms with Crippen LogP contribution < -0.4 is 0 Å². The predicted octanol–water partition coefficient (Wildman–Crippen LogP) is 17.4. The van der Waals surface area contributed by atoms with E-state index in [0.29, 0.717) is 0 Å². The van der Waals surface area contributed by atoms with Crippen LogP contribution in [0.15, 0.2) is 158 Å². The zero-order chi connectivity index (χ0) is 47.2. The van der Waals surface area contributed by atoms with E-state index < -0.39 is 0 Å². The molecule has 8 aromatic rings. The van der Waals surface area contributed by atoms with Gasteiger partial charge in [-0.05, 0) is 142 Å². The van der Waals surface area contributed by atoms with Crippen molar-refractivity contribution in [2.75, 3.05) is 0 Å².